The zero-order valence-corrected chi connectivity index (χ0v) is 14.7. The van der Waals surface area contributed by atoms with E-state index in [1.54, 1.807) is 48.5 Å². The number of ether oxygens (including phenoxy) is 1. The second-order valence-corrected chi connectivity index (χ2v) is 6.44. The van der Waals surface area contributed by atoms with Gasteiger partial charge in [0, 0.05) is 19.3 Å². The SMILES string of the molecule is CC(Oc1cccnc1)C(=O)N1CCC(c2ccccc2C(=O)O)CC1. The van der Waals surface area contributed by atoms with Crippen LogP contribution < -0.4 is 4.74 Å². The van der Waals surface area contributed by atoms with Gasteiger partial charge in [-0.25, -0.2) is 4.79 Å². The molecule has 0 radical (unpaired) electrons. The fraction of sp³-hybridized carbons (Fsp3) is 0.350. The van der Waals surface area contributed by atoms with E-state index in [0.717, 1.165) is 18.4 Å². The maximum atomic E-state index is 12.6. The highest BCUT2D eigenvalue weighted by Gasteiger charge is 2.29. The molecule has 136 valence electrons. The molecule has 1 aromatic carbocycles. The lowest BCUT2D eigenvalue weighted by Gasteiger charge is -2.34. The Morgan fingerprint density at radius 2 is 1.92 bits per heavy atom. The largest absolute Gasteiger partial charge is 0.479 e. The first kappa shape index (κ1) is 17.9. The van der Waals surface area contributed by atoms with Crippen molar-refractivity contribution < 1.29 is 19.4 Å². The quantitative estimate of drug-likeness (QED) is 0.893. The standard InChI is InChI=1S/C20H22N2O4/c1-14(26-16-5-4-10-21-13-16)19(23)22-11-8-15(9-12-22)17-6-2-3-7-18(17)20(24)25/h2-7,10,13-15H,8-9,11-12H2,1H3,(H,24,25). The number of carboxylic acids is 1. The van der Waals surface area contributed by atoms with E-state index in [9.17, 15) is 14.7 Å². The summed E-state index contributed by atoms with van der Waals surface area (Å²) in [4.78, 5) is 29.8. The molecule has 26 heavy (non-hydrogen) atoms. The first-order valence-corrected chi connectivity index (χ1v) is 8.74. The van der Waals surface area contributed by atoms with Crippen LogP contribution in [-0.4, -0.2) is 46.1 Å². The molecule has 0 spiro atoms. The number of amides is 1. The van der Waals surface area contributed by atoms with E-state index in [1.807, 2.05) is 12.1 Å². The van der Waals surface area contributed by atoms with Gasteiger partial charge in [-0.3, -0.25) is 9.78 Å². The Morgan fingerprint density at radius 3 is 2.58 bits per heavy atom. The van der Waals surface area contributed by atoms with Crippen LogP contribution in [0.4, 0.5) is 0 Å². The number of carbonyl (C=O) groups excluding carboxylic acids is 1. The number of hydrogen-bond acceptors (Lipinski definition) is 4. The Kier molecular flexibility index (Phi) is 5.51. The summed E-state index contributed by atoms with van der Waals surface area (Å²) in [5, 5.41) is 9.36. The van der Waals surface area contributed by atoms with E-state index < -0.39 is 12.1 Å². The Morgan fingerprint density at radius 1 is 1.19 bits per heavy atom. The fourth-order valence-electron chi connectivity index (χ4n) is 3.39. The molecule has 3 rings (SSSR count). The number of pyridine rings is 1. The van der Waals surface area contributed by atoms with Crippen molar-refractivity contribution >= 4 is 11.9 Å². The van der Waals surface area contributed by atoms with E-state index in [0.29, 0.717) is 24.4 Å². The van der Waals surface area contributed by atoms with Crippen LogP contribution >= 0.6 is 0 Å². The van der Waals surface area contributed by atoms with Crippen molar-refractivity contribution in [2.45, 2.75) is 31.8 Å². The monoisotopic (exact) mass is 354 g/mol. The lowest BCUT2D eigenvalue weighted by atomic mass is 9.86. The van der Waals surface area contributed by atoms with Gasteiger partial charge >= 0.3 is 5.97 Å². The van der Waals surface area contributed by atoms with Crippen molar-refractivity contribution in [3.8, 4) is 5.75 Å². The van der Waals surface area contributed by atoms with Gasteiger partial charge in [-0.05, 0) is 49.4 Å². The highest BCUT2D eigenvalue weighted by molar-refractivity contribution is 5.89. The number of likely N-dealkylation sites (tertiary alicyclic amines) is 1. The Labute approximate surface area is 152 Å². The van der Waals surface area contributed by atoms with Gasteiger partial charge < -0.3 is 14.7 Å². The molecule has 0 saturated carbocycles. The average molecular weight is 354 g/mol. The van der Waals surface area contributed by atoms with Gasteiger partial charge in [-0.1, -0.05) is 18.2 Å². The number of nitrogens with zero attached hydrogens (tertiary/aromatic N) is 2. The lowest BCUT2D eigenvalue weighted by molar-refractivity contribution is -0.139. The molecule has 1 saturated heterocycles. The van der Waals surface area contributed by atoms with Crippen LogP contribution in [0.15, 0.2) is 48.8 Å². The molecule has 1 fully saturated rings. The van der Waals surface area contributed by atoms with Gasteiger partial charge in [0.1, 0.15) is 5.75 Å². The minimum Gasteiger partial charge on any atom is -0.479 e. The van der Waals surface area contributed by atoms with E-state index in [2.05, 4.69) is 4.98 Å². The van der Waals surface area contributed by atoms with Gasteiger partial charge in [0.25, 0.3) is 5.91 Å². The molecule has 2 heterocycles. The molecular weight excluding hydrogens is 332 g/mol. The zero-order valence-electron chi connectivity index (χ0n) is 14.7. The van der Waals surface area contributed by atoms with Crippen LogP contribution in [0, 0.1) is 0 Å². The number of piperidine rings is 1. The highest BCUT2D eigenvalue weighted by Crippen LogP contribution is 2.30. The minimum absolute atomic E-state index is 0.0566. The predicted octanol–water partition coefficient (Wildman–Crippen LogP) is 2.95. The van der Waals surface area contributed by atoms with Gasteiger partial charge in [0.15, 0.2) is 6.10 Å². The topological polar surface area (TPSA) is 79.7 Å². The molecule has 2 aromatic rings. The third-order valence-corrected chi connectivity index (χ3v) is 4.73. The summed E-state index contributed by atoms with van der Waals surface area (Å²) >= 11 is 0. The summed E-state index contributed by atoms with van der Waals surface area (Å²) in [6, 6.07) is 10.6. The summed E-state index contributed by atoms with van der Waals surface area (Å²) in [6.45, 7) is 2.93. The summed E-state index contributed by atoms with van der Waals surface area (Å²) < 4.78 is 5.66. The molecule has 1 aliphatic heterocycles. The fourth-order valence-corrected chi connectivity index (χ4v) is 3.39. The predicted molar refractivity (Wildman–Crippen MR) is 96.3 cm³/mol. The van der Waals surface area contributed by atoms with Crippen molar-refractivity contribution in [2.75, 3.05) is 13.1 Å². The summed E-state index contributed by atoms with van der Waals surface area (Å²) in [5.74, 6) is -0.240. The number of benzene rings is 1. The van der Waals surface area contributed by atoms with Crippen LogP contribution in [0.3, 0.4) is 0 Å². The van der Waals surface area contributed by atoms with Crippen molar-refractivity contribution in [2.24, 2.45) is 0 Å². The molecule has 1 aliphatic rings. The van der Waals surface area contributed by atoms with Crippen molar-refractivity contribution in [3.05, 3.63) is 59.9 Å². The molecule has 0 bridgehead atoms. The number of rotatable bonds is 5. The van der Waals surface area contributed by atoms with Crippen LogP contribution in [0.5, 0.6) is 5.75 Å². The summed E-state index contributed by atoms with van der Waals surface area (Å²) in [7, 11) is 0. The van der Waals surface area contributed by atoms with Crippen LogP contribution in [0.1, 0.15) is 41.6 Å². The number of carbonyl (C=O) groups is 2. The van der Waals surface area contributed by atoms with E-state index in [-0.39, 0.29) is 11.8 Å². The summed E-state index contributed by atoms with van der Waals surface area (Å²) in [5.41, 5.74) is 1.21. The van der Waals surface area contributed by atoms with Gasteiger partial charge in [-0.15, -0.1) is 0 Å². The Balaban J connectivity index is 1.60. The van der Waals surface area contributed by atoms with Crippen molar-refractivity contribution in [3.63, 3.8) is 0 Å². The van der Waals surface area contributed by atoms with Crippen LogP contribution in [-0.2, 0) is 4.79 Å². The first-order chi connectivity index (χ1) is 12.6. The zero-order chi connectivity index (χ0) is 18.5. The normalized spacial score (nSPS) is 16.1. The maximum absolute atomic E-state index is 12.6. The third kappa shape index (κ3) is 4.02. The van der Waals surface area contributed by atoms with E-state index in [1.165, 1.54) is 0 Å². The molecule has 1 unspecified atom stereocenters. The van der Waals surface area contributed by atoms with Crippen molar-refractivity contribution in [1.82, 2.24) is 9.88 Å². The van der Waals surface area contributed by atoms with Crippen LogP contribution in [0.2, 0.25) is 0 Å². The Bertz CT molecular complexity index is 770. The average Bonchev–Trinajstić information content (AvgIpc) is 2.68. The highest BCUT2D eigenvalue weighted by atomic mass is 16.5. The maximum Gasteiger partial charge on any atom is 0.335 e. The second kappa shape index (κ2) is 7.99. The van der Waals surface area contributed by atoms with Gasteiger partial charge in [0.2, 0.25) is 0 Å². The van der Waals surface area contributed by atoms with Gasteiger partial charge in [-0.2, -0.15) is 0 Å². The number of aromatic carboxylic acids is 1. The van der Waals surface area contributed by atoms with Gasteiger partial charge in [0.05, 0.1) is 11.8 Å². The lowest BCUT2D eigenvalue weighted by Crippen LogP contribution is -2.44. The smallest absolute Gasteiger partial charge is 0.335 e. The molecule has 1 aromatic heterocycles. The molecule has 0 aliphatic carbocycles. The number of hydrogen-bond donors (Lipinski definition) is 1. The minimum atomic E-state index is -0.905. The molecule has 6 nitrogen and oxygen atoms in total. The molecule has 1 amide bonds. The molecular formula is C20H22N2O4. The van der Waals surface area contributed by atoms with E-state index in [4.69, 9.17) is 4.74 Å². The van der Waals surface area contributed by atoms with E-state index >= 15 is 0 Å². The molecule has 1 atom stereocenters. The number of carboxylic acid groups (broad SMARTS) is 1. The third-order valence-electron chi connectivity index (χ3n) is 4.73. The van der Waals surface area contributed by atoms with Crippen molar-refractivity contribution in [1.29, 1.82) is 0 Å². The molecule has 6 heteroatoms. The Hall–Kier alpha value is -2.89. The second-order valence-electron chi connectivity index (χ2n) is 6.44. The summed E-state index contributed by atoms with van der Waals surface area (Å²) in [6.07, 6.45) is 4.14. The molecule has 1 N–H and O–H groups in total. The first-order valence-electron chi connectivity index (χ1n) is 8.74. The van der Waals surface area contributed by atoms with Crippen LogP contribution in [0.25, 0.3) is 0 Å². The number of aromatic nitrogens is 1.